The van der Waals surface area contributed by atoms with Crippen molar-refractivity contribution in [3.63, 3.8) is 0 Å². The molecule has 0 saturated carbocycles. The quantitative estimate of drug-likeness (QED) is 0.243. The summed E-state index contributed by atoms with van der Waals surface area (Å²) in [5.41, 5.74) is 0. The zero-order valence-electron chi connectivity index (χ0n) is 16.3. The average molecular weight is 335 g/mol. The van der Waals surface area contributed by atoms with Crippen LogP contribution in [0.3, 0.4) is 0 Å². The third-order valence-electron chi connectivity index (χ3n) is 4.93. The monoisotopic (exact) mass is 334 g/mol. The highest BCUT2D eigenvalue weighted by molar-refractivity contribution is 5.58. The molecule has 1 aliphatic heterocycles. The lowest BCUT2D eigenvalue weighted by molar-refractivity contribution is 0.460. The van der Waals surface area contributed by atoms with Crippen LogP contribution in [0.15, 0.2) is 17.1 Å². The number of unbranched alkanes of at least 4 members (excludes halogenated alkanes) is 12. The van der Waals surface area contributed by atoms with Crippen molar-refractivity contribution >= 4 is 6.21 Å². The average Bonchev–Trinajstić information content (AvgIpc) is 2.62. The molecule has 2 heteroatoms. The van der Waals surface area contributed by atoms with Gasteiger partial charge in [-0.15, -0.1) is 0 Å². The Morgan fingerprint density at radius 2 is 1.42 bits per heavy atom. The molecule has 0 spiro atoms. The molecular formula is C22H42N2. The van der Waals surface area contributed by atoms with Crippen LogP contribution in [0, 0.1) is 0 Å². The Morgan fingerprint density at radius 3 is 2.00 bits per heavy atom. The van der Waals surface area contributed by atoms with E-state index < -0.39 is 0 Å². The van der Waals surface area contributed by atoms with Crippen LogP contribution in [0.25, 0.3) is 0 Å². The Balaban J connectivity index is 1.73. The molecule has 0 aliphatic carbocycles. The van der Waals surface area contributed by atoms with Crippen molar-refractivity contribution in [2.24, 2.45) is 4.99 Å². The first kappa shape index (κ1) is 21.4. The van der Waals surface area contributed by atoms with Crippen molar-refractivity contribution in [2.75, 3.05) is 6.54 Å². The van der Waals surface area contributed by atoms with Gasteiger partial charge in [0.05, 0.1) is 6.17 Å². The lowest BCUT2D eigenvalue weighted by Crippen LogP contribution is -2.31. The highest BCUT2D eigenvalue weighted by Gasteiger charge is 2.06. The van der Waals surface area contributed by atoms with Gasteiger partial charge in [-0.05, 0) is 44.9 Å². The van der Waals surface area contributed by atoms with E-state index in [4.69, 9.17) is 0 Å². The smallest absolute Gasteiger partial charge is 0.0990 e. The lowest BCUT2D eigenvalue weighted by atomic mass is 10.1. The minimum absolute atomic E-state index is 0.413. The van der Waals surface area contributed by atoms with E-state index in [-0.39, 0.29) is 0 Å². The van der Waals surface area contributed by atoms with Crippen molar-refractivity contribution in [1.82, 2.24) is 5.32 Å². The Hall–Kier alpha value is -0.630. The largest absolute Gasteiger partial charge is 0.295 e. The summed E-state index contributed by atoms with van der Waals surface area (Å²) < 4.78 is 0. The van der Waals surface area contributed by atoms with Crippen molar-refractivity contribution in [2.45, 2.75) is 116 Å². The standard InChI is InChI=1S/C22H42N2/c1-2-3-4-5-6-7-8-9-10-11-12-13-14-15-16-17-19-22-23-20-18-21-24-22/h9-10,20,22,24H,2-8,11-19,21H2,1H3/b10-9-. The Morgan fingerprint density at radius 1 is 0.833 bits per heavy atom. The lowest BCUT2D eigenvalue weighted by Gasteiger charge is -2.17. The van der Waals surface area contributed by atoms with Gasteiger partial charge < -0.3 is 0 Å². The summed E-state index contributed by atoms with van der Waals surface area (Å²) >= 11 is 0. The predicted octanol–water partition coefficient (Wildman–Crippen LogP) is 6.80. The van der Waals surface area contributed by atoms with Crippen LogP contribution in [0.5, 0.6) is 0 Å². The molecule has 1 rings (SSSR count). The van der Waals surface area contributed by atoms with Crippen LogP contribution >= 0.6 is 0 Å². The molecule has 24 heavy (non-hydrogen) atoms. The van der Waals surface area contributed by atoms with Gasteiger partial charge in [0.25, 0.3) is 0 Å². The molecule has 0 amide bonds. The number of hydrogen-bond acceptors (Lipinski definition) is 2. The molecule has 1 atom stereocenters. The summed E-state index contributed by atoms with van der Waals surface area (Å²) in [4.78, 5) is 4.49. The maximum atomic E-state index is 4.49. The molecule has 1 N–H and O–H groups in total. The Labute approximate surface area is 151 Å². The van der Waals surface area contributed by atoms with E-state index >= 15 is 0 Å². The first-order valence-corrected chi connectivity index (χ1v) is 10.8. The van der Waals surface area contributed by atoms with Gasteiger partial charge in [0, 0.05) is 12.8 Å². The fourth-order valence-corrected chi connectivity index (χ4v) is 3.33. The topological polar surface area (TPSA) is 24.4 Å². The maximum absolute atomic E-state index is 4.49. The molecule has 0 bridgehead atoms. The molecule has 0 radical (unpaired) electrons. The van der Waals surface area contributed by atoms with Gasteiger partial charge in [0.1, 0.15) is 0 Å². The van der Waals surface area contributed by atoms with Crippen LogP contribution in [0.2, 0.25) is 0 Å². The van der Waals surface area contributed by atoms with E-state index in [1.54, 1.807) is 0 Å². The van der Waals surface area contributed by atoms with Crippen molar-refractivity contribution in [3.05, 3.63) is 12.2 Å². The summed E-state index contributed by atoms with van der Waals surface area (Å²) in [6.45, 7) is 3.40. The van der Waals surface area contributed by atoms with E-state index in [1.807, 2.05) is 0 Å². The Bertz CT molecular complexity index is 309. The molecule has 0 aromatic heterocycles. The highest BCUT2D eigenvalue weighted by Crippen LogP contribution is 2.12. The maximum Gasteiger partial charge on any atom is 0.0990 e. The molecular weight excluding hydrogens is 292 g/mol. The summed E-state index contributed by atoms with van der Waals surface area (Å²) in [5.74, 6) is 0. The molecule has 140 valence electrons. The number of nitrogens with one attached hydrogen (secondary N) is 1. The zero-order valence-corrected chi connectivity index (χ0v) is 16.3. The van der Waals surface area contributed by atoms with Gasteiger partial charge in [0.15, 0.2) is 0 Å². The van der Waals surface area contributed by atoms with Crippen molar-refractivity contribution in [1.29, 1.82) is 0 Å². The van der Waals surface area contributed by atoms with Crippen LogP contribution in [-0.4, -0.2) is 18.9 Å². The van der Waals surface area contributed by atoms with E-state index in [2.05, 4.69) is 35.6 Å². The number of hydrogen-bond donors (Lipinski definition) is 1. The van der Waals surface area contributed by atoms with Gasteiger partial charge in [-0.2, -0.15) is 0 Å². The summed E-state index contributed by atoms with van der Waals surface area (Å²) in [5, 5.41) is 3.47. The molecule has 2 nitrogen and oxygen atoms in total. The van der Waals surface area contributed by atoms with E-state index in [0.717, 1.165) is 13.0 Å². The number of nitrogens with zero attached hydrogens (tertiary/aromatic N) is 1. The van der Waals surface area contributed by atoms with Gasteiger partial charge >= 0.3 is 0 Å². The second kappa shape index (κ2) is 17.2. The van der Waals surface area contributed by atoms with Crippen molar-refractivity contribution < 1.29 is 0 Å². The molecule has 1 heterocycles. The normalized spacial score (nSPS) is 17.8. The third kappa shape index (κ3) is 13.8. The summed E-state index contributed by atoms with van der Waals surface area (Å²) in [6.07, 6.45) is 29.0. The predicted molar refractivity (Wildman–Crippen MR) is 109 cm³/mol. The first-order valence-electron chi connectivity index (χ1n) is 10.8. The van der Waals surface area contributed by atoms with E-state index in [1.165, 1.54) is 96.3 Å². The number of aliphatic imine (C=N–C) groups is 1. The fourth-order valence-electron chi connectivity index (χ4n) is 3.33. The molecule has 0 saturated heterocycles. The molecule has 1 unspecified atom stereocenters. The van der Waals surface area contributed by atoms with Crippen molar-refractivity contribution in [3.8, 4) is 0 Å². The van der Waals surface area contributed by atoms with Crippen LogP contribution in [0.4, 0.5) is 0 Å². The van der Waals surface area contributed by atoms with Gasteiger partial charge in [0.2, 0.25) is 0 Å². The number of rotatable bonds is 16. The molecule has 0 fully saturated rings. The van der Waals surface area contributed by atoms with Gasteiger partial charge in [-0.1, -0.05) is 76.9 Å². The van der Waals surface area contributed by atoms with Gasteiger partial charge in [-0.3, -0.25) is 10.3 Å². The van der Waals surface area contributed by atoms with Gasteiger partial charge in [-0.25, -0.2) is 0 Å². The second-order valence-electron chi connectivity index (χ2n) is 7.32. The summed E-state index contributed by atoms with van der Waals surface area (Å²) in [7, 11) is 0. The van der Waals surface area contributed by atoms with Crippen LogP contribution in [0.1, 0.15) is 110 Å². The molecule has 1 aliphatic rings. The number of allylic oxidation sites excluding steroid dienone is 2. The van der Waals surface area contributed by atoms with E-state index in [0.29, 0.717) is 6.17 Å². The summed E-state index contributed by atoms with van der Waals surface area (Å²) in [6, 6.07) is 0. The Kier molecular flexibility index (Phi) is 15.3. The third-order valence-corrected chi connectivity index (χ3v) is 4.93. The highest BCUT2D eigenvalue weighted by atomic mass is 15.1. The minimum atomic E-state index is 0.413. The van der Waals surface area contributed by atoms with Crippen LogP contribution < -0.4 is 5.32 Å². The fraction of sp³-hybridized carbons (Fsp3) is 0.864. The van der Waals surface area contributed by atoms with E-state index in [9.17, 15) is 0 Å². The minimum Gasteiger partial charge on any atom is -0.295 e. The second-order valence-corrected chi connectivity index (χ2v) is 7.32. The SMILES string of the molecule is CCCCCCCC/C=C\CCCCCCCCC1N=CCCN1. The zero-order chi connectivity index (χ0) is 17.1. The first-order chi connectivity index (χ1) is 11.9. The van der Waals surface area contributed by atoms with Crippen LogP contribution in [-0.2, 0) is 0 Å². The molecule has 0 aromatic carbocycles. The molecule has 0 aromatic rings.